The highest BCUT2D eigenvalue weighted by atomic mass is 35.5. The Morgan fingerprint density at radius 2 is 1.66 bits per heavy atom. The lowest BCUT2D eigenvalue weighted by Gasteiger charge is -2.36. The molecule has 0 spiro atoms. The van der Waals surface area contributed by atoms with Gasteiger partial charge in [0.2, 0.25) is 5.91 Å². The van der Waals surface area contributed by atoms with Crippen molar-refractivity contribution in [2.75, 3.05) is 44.2 Å². The van der Waals surface area contributed by atoms with E-state index < -0.39 is 17.2 Å². The summed E-state index contributed by atoms with van der Waals surface area (Å²) < 4.78 is 39.4. The lowest BCUT2D eigenvalue weighted by Crippen LogP contribution is -2.48. The molecule has 200 valence electrons. The largest absolute Gasteiger partial charge is 0.416 e. The van der Waals surface area contributed by atoms with Gasteiger partial charge in [0.15, 0.2) is 0 Å². The first-order valence-corrected chi connectivity index (χ1v) is 13.4. The van der Waals surface area contributed by atoms with Crippen molar-refractivity contribution in [2.45, 2.75) is 24.4 Å². The van der Waals surface area contributed by atoms with E-state index in [-0.39, 0.29) is 11.8 Å². The molecule has 0 radical (unpaired) electrons. The Labute approximate surface area is 226 Å². The molecule has 0 aromatic heterocycles. The summed E-state index contributed by atoms with van der Waals surface area (Å²) in [6.07, 6.45) is -2.82. The van der Waals surface area contributed by atoms with Crippen molar-refractivity contribution >= 4 is 23.2 Å². The van der Waals surface area contributed by atoms with E-state index in [1.54, 1.807) is 6.07 Å². The molecule has 2 aliphatic rings. The molecule has 1 aliphatic heterocycles. The van der Waals surface area contributed by atoms with Crippen molar-refractivity contribution in [3.63, 3.8) is 0 Å². The van der Waals surface area contributed by atoms with Crippen LogP contribution in [0.1, 0.15) is 23.1 Å². The van der Waals surface area contributed by atoms with Gasteiger partial charge in [0, 0.05) is 50.0 Å². The molecule has 4 nitrogen and oxygen atoms in total. The van der Waals surface area contributed by atoms with E-state index in [0.717, 1.165) is 44.1 Å². The quantitative estimate of drug-likeness (QED) is 0.392. The number of carbonyl (C=O) groups is 1. The van der Waals surface area contributed by atoms with E-state index in [2.05, 4.69) is 22.3 Å². The molecular weight excluding hydrogens is 511 g/mol. The van der Waals surface area contributed by atoms with Crippen LogP contribution >= 0.6 is 11.6 Å². The van der Waals surface area contributed by atoms with Gasteiger partial charge in [0.25, 0.3) is 0 Å². The zero-order valence-electron chi connectivity index (χ0n) is 21.1. The number of nitrogens with one attached hydrogen (secondary N) is 1. The summed E-state index contributed by atoms with van der Waals surface area (Å²) in [5.74, 6) is 0.212. The van der Waals surface area contributed by atoms with Gasteiger partial charge in [0.1, 0.15) is 0 Å². The molecule has 1 amide bonds. The average molecular weight is 542 g/mol. The Morgan fingerprint density at radius 1 is 0.947 bits per heavy atom. The molecule has 38 heavy (non-hydrogen) atoms. The molecule has 8 heteroatoms. The van der Waals surface area contributed by atoms with E-state index in [4.69, 9.17) is 11.6 Å². The number of nitrogens with zero attached hydrogens (tertiary/aromatic N) is 2. The van der Waals surface area contributed by atoms with E-state index >= 15 is 0 Å². The molecule has 1 saturated heterocycles. The topological polar surface area (TPSA) is 35.6 Å². The first-order chi connectivity index (χ1) is 18.3. The fourth-order valence-electron chi connectivity index (χ4n) is 5.56. The van der Waals surface area contributed by atoms with Gasteiger partial charge in [-0.3, -0.25) is 9.69 Å². The third-order valence-electron chi connectivity index (χ3n) is 7.80. The van der Waals surface area contributed by atoms with Crippen molar-refractivity contribution in [3.8, 4) is 0 Å². The summed E-state index contributed by atoms with van der Waals surface area (Å²) >= 11 is 6.13. The van der Waals surface area contributed by atoms with Crippen molar-refractivity contribution in [1.82, 2.24) is 10.2 Å². The second-order valence-electron chi connectivity index (χ2n) is 10.2. The minimum Gasteiger partial charge on any atom is -0.369 e. The summed E-state index contributed by atoms with van der Waals surface area (Å²) in [5, 5.41) is 3.81. The first kappa shape index (κ1) is 26.6. The molecule has 0 bridgehead atoms. The van der Waals surface area contributed by atoms with Gasteiger partial charge in [0.05, 0.1) is 11.0 Å². The molecule has 2 fully saturated rings. The van der Waals surface area contributed by atoms with Crippen LogP contribution in [0.2, 0.25) is 5.02 Å². The Kier molecular flexibility index (Phi) is 7.68. The number of benzene rings is 3. The molecule has 1 saturated carbocycles. The van der Waals surface area contributed by atoms with Crippen LogP contribution in [0, 0.1) is 5.92 Å². The van der Waals surface area contributed by atoms with E-state index in [1.165, 1.54) is 17.7 Å². The summed E-state index contributed by atoms with van der Waals surface area (Å²) in [7, 11) is 0. The standard InChI is InChI=1S/C30H31ClF3N3O/c31-26-11-9-23(10-12-26)29(28(38)35-14-13-22-5-2-1-3-6-22)20-25(29)21-36-15-17-37(18-16-36)27-8-4-7-24(19-27)30(32,33)34/h1-12,19,25H,13-18,20-21H2,(H,35,38)/t25-,29+/m0/s1. The fourth-order valence-corrected chi connectivity index (χ4v) is 5.69. The van der Waals surface area contributed by atoms with Crippen LogP contribution in [0.4, 0.5) is 18.9 Å². The number of halogens is 4. The van der Waals surface area contributed by atoms with E-state index in [9.17, 15) is 18.0 Å². The van der Waals surface area contributed by atoms with Crippen LogP contribution in [0.25, 0.3) is 0 Å². The number of rotatable bonds is 8. The molecule has 0 unspecified atom stereocenters. The predicted molar refractivity (Wildman–Crippen MR) is 144 cm³/mol. The highest BCUT2D eigenvalue weighted by Gasteiger charge is 2.61. The van der Waals surface area contributed by atoms with Gasteiger partial charge >= 0.3 is 6.18 Å². The highest BCUT2D eigenvalue weighted by molar-refractivity contribution is 6.30. The van der Waals surface area contributed by atoms with E-state index in [1.807, 2.05) is 47.4 Å². The van der Waals surface area contributed by atoms with Crippen LogP contribution in [0.5, 0.6) is 0 Å². The number of alkyl halides is 3. The molecule has 2 atom stereocenters. The summed E-state index contributed by atoms with van der Waals surface area (Å²) in [6, 6.07) is 23.2. The SMILES string of the molecule is O=C(NCCc1ccccc1)[C@@]1(c2ccc(Cl)cc2)C[C@H]1CN1CCN(c2cccc(C(F)(F)F)c2)CC1. The van der Waals surface area contributed by atoms with Gasteiger partial charge in [-0.15, -0.1) is 0 Å². The number of carbonyl (C=O) groups excluding carboxylic acids is 1. The first-order valence-electron chi connectivity index (χ1n) is 13.0. The maximum absolute atomic E-state index is 13.5. The predicted octanol–water partition coefficient (Wildman–Crippen LogP) is 5.80. The summed E-state index contributed by atoms with van der Waals surface area (Å²) in [5.41, 5.74) is 1.55. The number of amides is 1. The van der Waals surface area contributed by atoms with Gasteiger partial charge in [-0.25, -0.2) is 0 Å². The van der Waals surface area contributed by atoms with Crippen molar-refractivity contribution in [1.29, 1.82) is 0 Å². The zero-order chi connectivity index (χ0) is 26.8. The van der Waals surface area contributed by atoms with Gasteiger partial charge in [-0.1, -0.05) is 60.1 Å². The molecule has 1 N–H and O–H groups in total. The van der Waals surface area contributed by atoms with Crippen LogP contribution in [0.3, 0.4) is 0 Å². The third-order valence-corrected chi connectivity index (χ3v) is 8.05. The third kappa shape index (κ3) is 5.84. The molecule has 1 heterocycles. The molecule has 3 aromatic carbocycles. The number of hydrogen-bond donors (Lipinski definition) is 1. The second-order valence-corrected chi connectivity index (χ2v) is 10.6. The monoisotopic (exact) mass is 541 g/mol. The average Bonchev–Trinajstić information content (AvgIpc) is 3.64. The number of hydrogen-bond acceptors (Lipinski definition) is 3. The van der Waals surface area contributed by atoms with Crippen LogP contribution < -0.4 is 10.2 Å². The fraction of sp³-hybridized carbons (Fsp3) is 0.367. The molecular formula is C30H31ClF3N3O. The summed E-state index contributed by atoms with van der Waals surface area (Å²) in [4.78, 5) is 17.9. The lowest BCUT2D eigenvalue weighted by molar-refractivity contribution is -0.137. The van der Waals surface area contributed by atoms with Crippen LogP contribution in [0.15, 0.2) is 78.9 Å². The Hall–Kier alpha value is -3.03. The summed E-state index contributed by atoms with van der Waals surface area (Å²) in [6.45, 7) is 4.10. The lowest BCUT2D eigenvalue weighted by atomic mass is 9.91. The highest BCUT2D eigenvalue weighted by Crippen LogP contribution is 2.55. The normalized spacial score (nSPS) is 21.8. The Bertz CT molecular complexity index is 1240. The minimum absolute atomic E-state index is 0.0448. The second kappa shape index (κ2) is 11.0. The molecule has 5 rings (SSSR count). The van der Waals surface area contributed by atoms with Gasteiger partial charge < -0.3 is 10.2 Å². The van der Waals surface area contributed by atoms with Crippen molar-refractivity contribution in [2.24, 2.45) is 5.92 Å². The maximum atomic E-state index is 13.5. The van der Waals surface area contributed by atoms with Gasteiger partial charge in [-0.05, 0) is 60.2 Å². The van der Waals surface area contributed by atoms with Crippen molar-refractivity contribution < 1.29 is 18.0 Å². The van der Waals surface area contributed by atoms with Crippen LogP contribution in [-0.2, 0) is 22.8 Å². The Morgan fingerprint density at radius 3 is 2.34 bits per heavy atom. The minimum atomic E-state index is -4.35. The van der Waals surface area contributed by atoms with E-state index in [0.29, 0.717) is 30.3 Å². The smallest absolute Gasteiger partial charge is 0.369 e. The molecule has 1 aliphatic carbocycles. The van der Waals surface area contributed by atoms with Crippen LogP contribution in [-0.4, -0.2) is 50.1 Å². The number of piperazine rings is 1. The molecule has 3 aromatic rings. The van der Waals surface area contributed by atoms with Crippen molar-refractivity contribution in [3.05, 3.63) is 101 Å². The zero-order valence-corrected chi connectivity index (χ0v) is 21.8. The number of anilines is 1. The maximum Gasteiger partial charge on any atom is 0.416 e. The van der Waals surface area contributed by atoms with Gasteiger partial charge in [-0.2, -0.15) is 13.2 Å². The Balaban J connectivity index is 1.21.